The van der Waals surface area contributed by atoms with Crippen molar-refractivity contribution in [1.82, 2.24) is 4.90 Å². The zero-order chi connectivity index (χ0) is 18.8. The van der Waals surface area contributed by atoms with E-state index in [9.17, 15) is 9.18 Å². The van der Waals surface area contributed by atoms with Gasteiger partial charge in [0.05, 0.1) is 18.1 Å². The van der Waals surface area contributed by atoms with Crippen LogP contribution in [0.2, 0.25) is 0 Å². The van der Waals surface area contributed by atoms with Crippen LogP contribution in [0.4, 0.5) is 10.1 Å². The number of rotatable bonds is 4. The molecular formula is C21H21FN2O2S. The number of carbonyl (C=O) groups excluding carboxylic acids is 1. The van der Waals surface area contributed by atoms with Gasteiger partial charge in [-0.1, -0.05) is 18.2 Å². The van der Waals surface area contributed by atoms with Crippen molar-refractivity contribution in [3.63, 3.8) is 0 Å². The number of ether oxygens (including phenoxy) is 1. The lowest BCUT2D eigenvalue weighted by molar-refractivity contribution is 0.0790. The third-order valence-corrected chi connectivity index (χ3v) is 5.89. The van der Waals surface area contributed by atoms with E-state index in [0.29, 0.717) is 16.8 Å². The molecule has 0 aliphatic carbocycles. The van der Waals surface area contributed by atoms with E-state index in [1.807, 2.05) is 6.07 Å². The largest absolute Gasteiger partial charge is 0.378 e. The van der Waals surface area contributed by atoms with Crippen LogP contribution in [0.25, 0.3) is 10.1 Å². The third-order valence-electron chi connectivity index (χ3n) is 4.80. The van der Waals surface area contributed by atoms with E-state index in [2.05, 4.69) is 29.2 Å². The number of fused-ring (bicyclic) bond motifs is 1. The molecule has 0 radical (unpaired) electrons. The molecule has 0 N–H and O–H groups in total. The number of hydrogen-bond donors (Lipinski definition) is 0. The van der Waals surface area contributed by atoms with Gasteiger partial charge in [-0.05, 0) is 35.9 Å². The first-order chi connectivity index (χ1) is 13.1. The van der Waals surface area contributed by atoms with E-state index in [1.54, 1.807) is 24.1 Å². The number of hydrogen-bond acceptors (Lipinski definition) is 4. The Morgan fingerprint density at radius 1 is 1.19 bits per heavy atom. The average Bonchev–Trinajstić information content (AvgIpc) is 3.14. The zero-order valence-electron chi connectivity index (χ0n) is 15.2. The fourth-order valence-corrected chi connectivity index (χ4v) is 4.37. The number of amides is 1. The monoisotopic (exact) mass is 384 g/mol. The molecule has 0 unspecified atom stereocenters. The van der Waals surface area contributed by atoms with Crippen molar-refractivity contribution in [2.45, 2.75) is 6.54 Å². The average molecular weight is 384 g/mol. The van der Waals surface area contributed by atoms with Gasteiger partial charge < -0.3 is 14.5 Å². The Morgan fingerprint density at radius 2 is 1.93 bits per heavy atom. The molecule has 1 amide bonds. The Kier molecular flexibility index (Phi) is 5.09. The Bertz CT molecular complexity index is 948. The molecule has 1 aromatic heterocycles. The second kappa shape index (κ2) is 7.66. The van der Waals surface area contributed by atoms with Crippen molar-refractivity contribution in [2.24, 2.45) is 0 Å². The number of thiophene rings is 1. The predicted octanol–water partition coefficient (Wildman–Crippen LogP) is 4.15. The molecule has 1 saturated heterocycles. The normalized spacial score (nSPS) is 14.5. The molecule has 0 bridgehead atoms. The first-order valence-corrected chi connectivity index (χ1v) is 9.78. The molecule has 1 fully saturated rings. The van der Waals surface area contributed by atoms with E-state index < -0.39 is 0 Å². The maximum absolute atomic E-state index is 13.9. The van der Waals surface area contributed by atoms with Crippen molar-refractivity contribution >= 4 is 33.0 Å². The van der Waals surface area contributed by atoms with Crippen LogP contribution in [0, 0.1) is 5.82 Å². The highest BCUT2D eigenvalue weighted by Crippen LogP contribution is 2.28. The molecule has 4 nitrogen and oxygen atoms in total. The van der Waals surface area contributed by atoms with Crippen LogP contribution in [-0.2, 0) is 11.3 Å². The van der Waals surface area contributed by atoms with E-state index in [1.165, 1.54) is 23.1 Å². The number of morpholine rings is 1. The number of nitrogens with zero attached hydrogens (tertiary/aromatic N) is 2. The highest BCUT2D eigenvalue weighted by atomic mass is 32.1. The third kappa shape index (κ3) is 3.82. The minimum atomic E-state index is -0.288. The number of benzene rings is 2. The lowest BCUT2D eigenvalue weighted by Gasteiger charge is -2.29. The molecule has 4 rings (SSSR count). The van der Waals surface area contributed by atoms with Gasteiger partial charge in [0.25, 0.3) is 5.91 Å². The van der Waals surface area contributed by atoms with Gasteiger partial charge in [-0.15, -0.1) is 11.3 Å². The fourth-order valence-electron chi connectivity index (χ4n) is 3.30. The molecule has 0 atom stereocenters. The quantitative estimate of drug-likeness (QED) is 0.677. The smallest absolute Gasteiger partial charge is 0.264 e. The molecule has 2 aromatic carbocycles. The van der Waals surface area contributed by atoms with E-state index in [4.69, 9.17) is 4.74 Å². The SMILES string of the molecule is CN(Cc1ccc(N2CCOCC2)cc1)C(=O)c1cc2c(F)cccc2s1. The molecule has 2 heterocycles. The van der Waals surface area contributed by atoms with Crippen molar-refractivity contribution in [2.75, 3.05) is 38.3 Å². The van der Waals surface area contributed by atoms with Gasteiger partial charge in [0.15, 0.2) is 0 Å². The Labute approximate surface area is 161 Å². The minimum Gasteiger partial charge on any atom is -0.378 e. The second-order valence-electron chi connectivity index (χ2n) is 6.69. The van der Waals surface area contributed by atoms with Gasteiger partial charge in [0.2, 0.25) is 0 Å². The van der Waals surface area contributed by atoms with Crippen LogP contribution in [0.15, 0.2) is 48.5 Å². The van der Waals surface area contributed by atoms with Crippen LogP contribution in [-0.4, -0.2) is 44.2 Å². The standard InChI is InChI=1S/C21H21FN2O2S/c1-23(21(25)20-13-17-18(22)3-2-4-19(17)27-20)14-15-5-7-16(8-6-15)24-9-11-26-12-10-24/h2-8,13H,9-12,14H2,1H3. The van der Waals surface area contributed by atoms with Crippen molar-refractivity contribution < 1.29 is 13.9 Å². The molecule has 140 valence electrons. The summed E-state index contributed by atoms with van der Waals surface area (Å²) >= 11 is 1.33. The van der Waals surface area contributed by atoms with Crippen molar-refractivity contribution in [3.05, 3.63) is 64.8 Å². The summed E-state index contributed by atoms with van der Waals surface area (Å²) in [5, 5.41) is 0.508. The molecule has 6 heteroatoms. The van der Waals surface area contributed by atoms with Gasteiger partial charge in [-0.25, -0.2) is 4.39 Å². The lowest BCUT2D eigenvalue weighted by atomic mass is 10.1. The van der Waals surface area contributed by atoms with Crippen LogP contribution in [0.5, 0.6) is 0 Å². The highest BCUT2D eigenvalue weighted by Gasteiger charge is 2.17. The summed E-state index contributed by atoms with van der Waals surface area (Å²) in [5.74, 6) is -0.378. The molecule has 3 aromatic rings. The highest BCUT2D eigenvalue weighted by molar-refractivity contribution is 7.20. The Morgan fingerprint density at radius 3 is 2.63 bits per heavy atom. The summed E-state index contributed by atoms with van der Waals surface area (Å²) in [6.45, 7) is 3.84. The molecule has 1 aliphatic heterocycles. The van der Waals surface area contributed by atoms with Gasteiger partial charge in [-0.2, -0.15) is 0 Å². The summed E-state index contributed by atoms with van der Waals surface area (Å²) < 4.78 is 20.1. The van der Waals surface area contributed by atoms with Crippen molar-refractivity contribution in [1.29, 1.82) is 0 Å². The predicted molar refractivity (Wildman–Crippen MR) is 107 cm³/mol. The maximum Gasteiger partial charge on any atom is 0.264 e. The van der Waals surface area contributed by atoms with Crippen LogP contribution < -0.4 is 4.90 Å². The maximum atomic E-state index is 13.9. The summed E-state index contributed by atoms with van der Waals surface area (Å²) in [6, 6.07) is 14.9. The molecule has 0 saturated carbocycles. The Hall–Kier alpha value is -2.44. The first-order valence-electron chi connectivity index (χ1n) is 8.97. The molecule has 1 aliphatic rings. The van der Waals surface area contributed by atoms with Crippen LogP contribution in [0.3, 0.4) is 0 Å². The van der Waals surface area contributed by atoms with Gasteiger partial charge in [0.1, 0.15) is 5.82 Å². The van der Waals surface area contributed by atoms with Crippen LogP contribution >= 0.6 is 11.3 Å². The van der Waals surface area contributed by atoms with E-state index in [0.717, 1.165) is 36.6 Å². The molecule has 27 heavy (non-hydrogen) atoms. The molecular weight excluding hydrogens is 363 g/mol. The Balaban J connectivity index is 1.45. The fraction of sp³-hybridized carbons (Fsp3) is 0.286. The number of halogens is 1. The number of carbonyl (C=O) groups is 1. The number of anilines is 1. The summed E-state index contributed by atoms with van der Waals surface area (Å²) in [6.07, 6.45) is 0. The van der Waals surface area contributed by atoms with Crippen molar-refractivity contribution in [3.8, 4) is 0 Å². The summed E-state index contributed by atoms with van der Waals surface area (Å²) in [4.78, 5) is 17.3. The second-order valence-corrected chi connectivity index (χ2v) is 7.77. The van der Waals surface area contributed by atoms with Gasteiger partial charge in [-0.3, -0.25) is 4.79 Å². The van der Waals surface area contributed by atoms with Crippen LogP contribution in [0.1, 0.15) is 15.2 Å². The zero-order valence-corrected chi connectivity index (χ0v) is 16.0. The molecule has 0 spiro atoms. The summed E-state index contributed by atoms with van der Waals surface area (Å²) in [7, 11) is 1.78. The first kappa shape index (κ1) is 17.9. The summed E-state index contributed by atoms with van der Waals surface area (Å²) in [5.41, 5.74) is 2.24. The minimum absolute atomic E-state index is 0.0899. The topological polar surface area (TPSA) is 32.8 Å². The van der Waals surface area contributed by atoms with Gasteiger partial charge >= 0.3 is 0 Å². The van der Waals surface area contributed by atoms with E-state index >= 15 is 0 Å². The lowest BCUT2D eigenvalue weighted by Crippen LogP contribution is -2.36. The van der Waals surface area contributed by atoms with Gasteiger partial charge in [0, 0.05) is 42.5 Å². The van der Waals surface area contributed by atoms with E-state index in [-0.39, 0.29) is 11.7 Å².